The van der Waals surface area contributed by atoms with Crippen molar-refractivity contribution in [2.75, 3.05) is 26.2 Å². The first-order chi connectivity index (χ1) is 12.8. The van der Waals surface area contributed by atoms with Crippen molar-refractivity contribution >= 4 is 23.7 Å². The van der Waals surface area contributed by atoms with E-state index in [-0.39, 0.29) is 18.9 Å². The van der Waals surface area contributed by atoms with Gasteiger partial charge in [-0.1, -0.05) is 32.0 Å². The first-order valence-electron chi connectivity index (χ1n) is 9.21. The van der Waals surface area contributed by atoms with Crippen molar-refractivity contribution in [1.82, 2.24) is 9.80 Å². The molecule has 0 unspecified atom stereocenters. The standard InChI is InChI=1S/C20H24N2O5/c1-13-7-14(2)10-21(9-13)18(24)12-27-19(25)11-22-17(23)8-15-5-3-4-6-16(15)20(22)26/h3-6,13-14H,7-12H2,1-2H3/t13-,14-/m1/s1. The zero-order chi connectivity index (χ0) is 19.6. The first-order valence-corrected chi connectivity index (χ1v) is 9.21. The molecule has 2 aliphatic rings. The van der Waals surface area contributed by atoms with Crippen molar-refractivity contribution in [3.05, 3.63) is 35.4 Å². The highest BCUT2D eigenvalue weighted by Gasteiger charge is 2.33. The van der Waals surface area contributed by atoms with Crippen molar-refractivity contribution in [1.29, 1.82) is 0 Å². The monoisotopic (exact) mass is 372 g/mol. The van der Waals surface area contributed by atoms with Crippen LogP contribution in [0.2, 0.25) is 0 Å². The Morgan fingerprint density at radius 2 is 1.78 bits per heavy atom. The summed E-state index contributed by atoms with van der Waals surface area (Å²) < 4.78 is 5.04. The van der Waals surface area contributed by atoms with Crippen molar-refractivity contribution in [3.8, 4) is 0 Å². The summed E-state index contributed by atoms with van der Waals surface area (Å²) in [5.74, 6) is -1.13. The number of piperidine rings is 1. The molecule has 27 heavy (non-hydrogen) atoms. The van der Waals surface area contributed by atoms with E-state index in [9.17, 15) is 19.2 Å². The van der Waals surface area contributed by atoms with E-state index in [1.807, 2.05) is 0 Å². The molecule has 0 spiro atoms. The Balaban J connectivity index is 1.54. The Kier molecular flexibility index (Phi) is 5.58. The minimum absolute atomic E-state index is 0.0671. The largest absolute Gasteiger partial charge is 0.454 e. The van der Waals surface area contributed by atoms with Crippen LogP contribution >= 0.6 is 0 Å². The normalized spacial score (nSPS) is 22.4. The number of fused-ring (bicyclic) bond motifs is 1. The average molecular weight is 372 g/mol. The van der Waals surface area contributed by atoms with Gasteiger partial charge in [-0.2, -0.15) is 0 Å². The van der Waals surface area contributed by atoms with Gasteiger partial charge in [0, 0.05) is 18.7 Å². The Labute approximate surface area is 158 Å². The lowest BCUT2D eigenvalue weighted by Crippen LogP contribution is -2.47. The van der Waals surface area contributed by atoms with Crippen molar-refractivity contribution in [3.63, 3.8) is 0 Å². The molecule has 1 fully saturated rings. The fourth-order valence-electron chi connectivity index (χ4n) is 3.83. The number of hydrogen-bond acceptors (Lipinski definition) is 5. The third-order valence-corrected chi connectivity index (χ3v) is 5.00. The Bertz CT molecular complexity index is 765. The Morgan fingerprint density at radius 1 is 1.11 bits per heavy atom. The maximum atomic E-state index is 12.4. The number of benzene rings is 1. The van der Waals surface area contributed by atoms with Crippen LogP contribution in [0.25, 0.3) is 0 Å². The van der Waals surface area contributed by atoms with Gasteiger partial charge in [-0.3, -0.25) is 24.1 Å². The molecule has 3 amide bonds. The van der Waals surface area contributed by atoms with E-state index >= 15 is 0 Å². The van der Waals surface area contributed by atoms with Gasteiger partial charge in [0.15, 0.2) is 6.61 Å². The molecule has 2 atom stereocenters. The predicted octanol–water partition coefficient (Wildman–Crippen LogP) is 1.26. The third kappa shape index (κ3) is 4.35. The molecule has 2 heterocycles. The molecule has 2 aliphatic heterocycles. The number of carbonyl (C=O) groups is 4. The summed E-state index contributed by atoms with van der Waals surface area (Å²) in [5, 5.41) is 0. The maximum Gasteiger partial charge on any atom is 0.326 e. The van der Waals surface area contributed by atoms with Crippen LogP contribution in [0.15, 0.2) is 24.3 Å². The third-order valence-electron chi connectivity index (χ3n) is 5.00. The lowest BCUT2D eigenvalue weighted by molar-refractivity contribution is -0.154. The number of likely N-dealkylation sites (tertiary alicyclic amines) is 1. The van der Waals surface area contributed by atoms with Crippen LogP contribution in [-0.4, -0.2) is 59.7 Å². The van der Waals surface area contributed by atoms with E-state index in [0.717, 1.165) is 11.3 Å². The molecular weight excluding hydrogens is 348 g/mol. The van der Waals surface area contributed by atoms with Gasteiger partial charge in [0.2, 0.25) is 5.91 Å². The zero-order valence-corrected chi connectivity index (χ0v) is 15.6. The van der Waals surface area contributed by atoms with Gasteiger partial charge >= 0.3 is 5.97 Å². The molecule has 0 aromatic heterocycles. The van der Waals surface area contributed by atoms with E-state index in [2.05, 4.69) is 13.8 Å². The molecule has 0 aliphatic carbocycles. The summed E-state index contributed by atoms with van der Waals surface area (Å²) >= 11 is 0. The van der Waals surface area contributed by atoms with Crippen LogP contribution in [0.4, 0.5) is 0 Å². The lowest BCUT2D eigenvalue weighted by Gasteiger charge is -2.34. The SMILES string of the molecule is C[C@@H]1C[C@@H](C)CN(C(=O)COC(=O)CN2C(=O)Cc3ccccc3C2=O)C1. The number of carbonyl (C=O) groups excluding carboxylic acids is 4. The molecule has 0 bridgehead atoms. The number of esters is 1. The van der Waals surface area contributed by atoms with E-state index in [4.69, 9.17) is 4.74 Å². The smallest absolute Gasteiger partial charge is 0.326 e. The maximum absolute atomic E-state index is 12.4. The van der Waals surface area contributed by atoms with Gasteiger partial charge in [-0.15, -0.1) is 0 Å². The zero-order valence-electron chi connectivity index (χ0n) is 15.6. The molecule has 1 aromatic rings. The summed E-state index contributed by atoms with van der Waals surface area (Å²) in [6.07, 6.45) is 1.14. The van der Waals surface area contributed by atoms with E-state index in [0.29, 0.717) is 36.1 Å². The number of hydrogen-bond donors (Lipinski definition) is 0. The predicted molar refractivity (Wildman–Crippen MR) is 96.7 cm³/mol. The second kappa shape index (κ2) is 7.90. The van der Waals surface area contributed by atoms with Gasteiger partial charge < -0.3 is 9.64 Å². The van der Waals surface area contributed by atoms with E-state index in [1.54, 1.807) is 29.2 Å². The second-order valence-electron chi connectivity index (χ2n) is 7.52. The van der Waals surface area contributed by atoms with Crippen LogP contribution in [0.5, 0.6) is 0 Å². The molecular formula is C20H24N2O5. The van der Waals surface area contributed by atoms with E-state index in [1.165, 1.54) is 0 Å². The molecule has 0 saturated carbocycles. The highest BCUT2D eigenvalue weighted by molar-refractivity contribution is 6.11. The Hall–Kier alpha value is -2.70. The van der Waals surface area contributed by atoms with Gasteiger partial charge in [0.05, 0.1) is 6.42 Å². The summed E-state index contributed by atoms with van der Waals surface area (Å²) in [7, 11) is 0. The van der Waals surface area contributed by atoms with Crippen LogP contribution in [0.1, 0.15) is 36.2 Å². The summed E-state index contributed by atoms with van der Waals surface area (Å²) in [4.78, 5) is 51.6. The van der Waals surface area contributed by atoms with Crippen LogP contribution in [0, 0.1) is 11.8 Å². The van der Waals surface area contributed by atoms with Crippen LogP contribution < -0.4 is 0 Å². The van der Waals surface area contributed by atoms with Crippen molar-refractivity contribution in [2.24, 2.45) is 11.8 Å². The highest BCUT2D eigenvalue weighted by atomic mass is 16.5. The van der Waals surface area contributed by atoms with Gasteiger partial charge in [0.1, 0.15) is 6.54 Å². The van der Waals surface area contributed by atoms with Gasteiger partial charge in [-0.25, -0.2) is 0 Å². The summed E-state index contributed by atoms with van der Waals surface area (Å²) in [6.45, 7) is 4.64. The highest BCUT2D eigenvalue weighted by Crippen LogP contribution is 2.21. The van der Waals surface area contributed by atoms with E-state index < -0.39 is 24.3 Å². The molecule has 3 rings (SSSR count). The quantitative estimate of drug-likeness (QED) is 0.587. The number of imide groups is 1. The topological polar surface area (TPSA) is 84.0 Å². The average Bonchev–Trinajstić information content (AvgIpc) is 2.62. The molecule has 0 N–H and O–H groups in total. The summed E-state index contributed by atoms with van der Waals surface area (Å²) in [6, 6.07) is 6.82. The number of amides is 3. The molecule has 1 saturated heterocycles. The molecule has 0 radical (unpaired) electrons. The van der Waals surface area contributed by atoms with Crippen molar-refractivity contribution < 1.29 is 23.9 Å². The number of rotatable bonds is 4. The van der Waals surface area contributed by atoms with Crippen LogP contribution in [-0.2, 0) is 25.5 Å². The molecule has 7 nitrogen and oxygen atoms in total. The fourth-order valence-corrected chi connectivity index (χ4v) is 3.83. The van der Waals surface area contributed by atoms with Gasteiger partial charge in [-0.05, 0) is 29.9 Å². The lowest BCUT2D eigenvalue weighted by atomic mass is 9.92. The molecule has 1 aromatic carbocycles. The summed E-state index contributed by atoms with van der Waals surface area (Å²) in [5.41, 5.74) is 1.07. The van der Waals surface area contributed by atoms with Crippen LogP contribution in [0.3, 0.4) is 0 Å². The number of nitrogens with zero attached hydrogens (tertiary/aromatic N) is 2. The number of ether oxygens (including phenoxy) is 1. The molecule has 7 heteroatoms. The fraction of sp³-hybridized carbons (Fsp3) is 0.500. The second-order valence-corrected chi connectivity index (χ2v) is 7.52. The minimum atomic E-state index is -0.762. The Morgan fingerprint density at radius 3 is 2.48 bits per heavy atom. The minimum Gasteiger partial charge on any atom is -0.454 e. The molecule has 144 valence electrons. The first kappa shape index (κ1) is 19.1. The van der Waals surface area contributed by atoms with Crippen molar-refractivity contribution in [2.45, 2.75) is 26.7 Å². The van der Waals surface area contributed by atoms with Gasteiger partial charge in [0.25, 0.3) is 11.8 Å².